The molecular formula is C49H49N15O3S. The fourth-order valence-corrected chi connectivity index (χ4v) is 9.67. The van der Waals surface area contributed by atoms with E-state index < -0.39 is 0 Å². The van der Waals surface area contributed by atoms with E-state index in [-0.39, 0.29) is 30.6 Å². The number of carbonyl (C=O) groups excluding carboxylic acids is 2. The normalized spacial score (nSPS) is 14.5. The van der Waals surface area contributed by atoms with E-state index in [1.54, 1.807) is 11.3 Å². The van der Waals surface area contributed by atoms with Gasteiger partial charge < -0.3 is 35.6 Å². The van der Waals surface area contributed by atoms with E-state index >= 15 is 0 Å². The van der Waals surface area contributed by atoms with Crippen LogP contribution in [0, 0.1) is 13.8 Å². The van der Waals surface area contributed by atoms with Crippen LogP contribution in [0.25, 0.3) is 21.6 Å². The molecule has 8 aromatic rings. The number of hydrogen-bond acceptors (Lipinski definition) is 17. The first-order valence-electron chi connectivity index (χ1n) is 22.7. The summed E-state index contributed by atoms with van der Waals surface area (Å²) in [7, 11) is 0. The number of benzene rings is 4. The molecule has 4 N–H and O–H groups in total. The summed E-state index contributed by atoms with van der Waals surface area (Å²) < 4.78 is 6.87. The van der Waals surface area contributed by atoms with Crippen molar-refractivity contribution in [3.05, 3.63) is 126 Å². The standard InChI is InChI=1S/C49H49N15O3S/c1-30-35(13-8-15-37(30)57-46-50-28-52-48(60-46)63-24-20-33(21-25-63)44-59-43(62-67-44)32-10-4-3-5-11-32)54-41(65)18-19-42(66)55-36-14-9-16-38(31(36)2)58-47-51-29-53-49(61-47)64-26-22-34(23-27-64)45-56-39-12-6-7-17-40(39)68-45/h3-17,28-29,33-34H,18-27H2,1-2H3,(H,54,65)(H,55,66)(H,50,52,57,60)(H,51,53,58,61). The van der Waals surface area contributed by atoms with Gasteiger partial charge in [0, 0.05) is 79.2 Å². The number of nitrogens with zero attached hydrogens (tertiary/aromatic N) is 11. The minimum absolute atomic E-state index is 0.0130. The largest absolute Gasteiger partial charge is 0.341 e. The van der Waals surface area contributed by atoms with Crippen molar-refractivity contribution in [2.45, 2.75) is 64.2 Å². The Morgan fingerprint density at radius 3 is 1.71 bits per heavy atom. The number of anilines is 8. The maximum absolute atomic E-state index is 13.2. The molecule has 344 valence electrons. The average molecular weight is 928 g/mol. The lowest BCUT2D eigenvalue weighted by Crippen LogP contribution is -2.34. The zero-order valence-electron chi connectivity index (χ0n) is 37.6. The zero-order chi connectivity index (χ0) is 46.4. The molecule has 18 nitrogen and oxygen atoms in total. The number of rotatable bonds is 14. The Hall–Kier alpha value is -7.93. The molecule has 0 saturated carbocycles. The molecule has 2 aliphatic heterocycles. The van der Waals surface area contributed by atoms with Crippen LogP contribution >= 0.6 is 11.3 Å². The molecule has 19 heteroatoms. The van der Waals surface area contributed by atoms with Gasteiger partial charge in [0.25, 0.3) is 0 Å². The number of thiazole rings is 1. The van der Waals surface area contributed by atoms with Crippen LogP contribution in [-0.2, 0) is 9.59 Å². The third kappa shape index (κ3) is 10.1. The Bertz CT molecular complexity index is 3020. The molecule has 0 radical (unpaired) electrons. The zero-order valence-corrected chi connectivity index (χ0v) is 38.4. The maximum Gasteiger partial charge on any atom is 0.232 e. The molecule has 2 aliphatic rings. The van der Waals surface area contributed by atoms with Crippen LogP contribution < -0.4 is 31.1 Å². The first-order chi connectivity index (χ1) is 33.3. The summed E-state index contributed by atoms with van der Waals surface area (Å²) in [6, 6.07) is 29.2. The summed E-state index contributed by atoms with van der Waals surface area (Å²) in [5, 5.41) is 17.9. The molecule has 0 unspecified atom stereocenters. The summed E-state index contributed by atoms with van der Waals surface area (Å²) in [5.41, 5.74) is 6.27. The monoisotopic (exact) mass is 927 g/mol. The molecule has 2 fully saturated rings. The molecular weight excluding hydrogens is 879 g/mol. The fraction of sp³-hybridized carbons (Fsp3) is 0.286. The lowest BCUT2D eigenvalue weighted by Gasteiger charge is -2.31. The van der Waals surface area contributed by atoms with Gasteiger partial charge in [-0.15, -0.1) is 11.3 Å². The van der Waals surface area contributed by atoms with Crippen molar-refractivity contribution in [3.8, 4) is 11.4 Å². The Morgan fingerprint density at radius 2 is 1.13 bits per heavy atom. The molecule has 0 aliphatic carbocycles. The highest BCUT2D eigenvalue weighted by Gasteiger charge is 2.28. The molecule has 2 saturated heterocycles. The highest BCUT2D eigenvalue weighted by molar-refractivity contribution is 7.18. The SMILES string of the molecule is Cc1c(NC(=O)CCC(=O)Nc2cccc(Nc3ncnc(N4CCC(c5nc6ccccc6s5)CC4)n3)c2C)cccc1Nc1ncnc(N2CCC(c3nc(-c4ccccc4)no3)CC2)n1. The van der Waals surface area contributed by atoms with E-state index in [1.807, 2.05) is 86.6 Å². The second kappa shape index (κ2) is 19.9. The van der Waals surface area contributed by atoms with Gasteiger partial charge in [0.2, 0.25) is 47.3 Å². The first-order valence-corrected chi connectivity index (χ1v) is 23.6. The topological polar surface area (TPSA) is 218 Å². The Morgan fingerprint density at radius 1 is 0.603 bits per heavy atom. The molecule has 0 bridgehead atoms. The van der Waals surface area contributed by atoms with Crippen LogP contribution in [-0.4, -0.2) is 83.0 Å². The summed E-state index contributed by atoms with van der Waals surface area (Å²) in [6.07, 6.45) is 6.54. The lowest BCUT2D eigenvalue weighted by molar-refractivity contribution is -0.121. The van der Waals surface area contributed by atoms with Crippen molar-refractivity contribution in [3.63, 3.8) is 0 Å². The third-order valence-electron chi connectivity index (χ3n) is 12.4. The van der Waals surface area contributed by atoms with Crippen LogP contribution in [0.4, 0.5) is 46.5 Å². The van der Waals surface area contributed by atoms with Gasteiger partial charge in [-0.1, -0.05) is 59.8 Å². The van der Waals surface area contributed by atoms with Crippen molar-refractivity contribution >= 4 is 79.9 Å². The van der Waals surface area contributed by atoms with Crippen molar-refractivity contribution < 1.29 is 14.1 Å². The summed E-state index contributed by atoms with van der Waals surface area (Å²) in [5.74, 6) is 3.19. The first kappa shape index (κ1) is 43.9. The van der Waals surface area contributed by atoms with Crippen molar-refractivity contribution in [2.75, 3.05) is 57.2 Å². The Balaban J connectivity index is 0.690. The number of aromatic nitrogens is 9. The number of fused-ring (bicyclic) bond motifs is 1. The number of carbonyl (C=O) groups is 2. The minimum Gasteiger partial charge on any atom is -0.341 e. The van der Waals surface area contributed by atoms with Crippen molar-refractivity contribution in [2.24, 2.45) is 0 Å². The number of hydrogen-bond donors (Lipinski definition) is 4. The summed E-state index contributed by atoms with van der Waals surface area (Å²) in [4.78, 5) is 67.3. The molecule has 10 rings (SSSR count). The van der Waals surface area contributed by atoms with E-state index in [1.165, 1.54) is 22.4 Å². The second-order valence-corrected chi connectivity index (χ2v) is 17.9. The average Bonchev–Trinajstić information content (AvgIpc) is 4.06. The van der Waals surface area contributed by atoms with E-state index in [0.29, 0.717) is 52.8 Å². The molecule has 6 heterocycles. The predicted octanol–water partition coefficient (Wildman–Crippen LogP) is 8.95. The van der Waals surface area contributed by atoms with Crippen LogP contribution in [0.5, 0.6) is 0 Å². The minimum atomic E-state index is -0.290. The van der Waals surface area contributed by atoms with Gasteiger partial charge in [-0.3, -0.25) is 9.59 Å². The van der Waals surface area contributed by atoms with Gasteiger partial charge in [0.15, 0.2) is 0 Å². The van der Waals surface area contributed by atoms with E-state index in [4.69, 9.17) is 19.5 Å². The quantitative estimate of drug-likeness (QED) is 0.0800. The Labute approximate surface area is 396 Å². The van der Waals surface area contributed by atoms with Gasteiger partial charge in [0.05, 0.1) is 15.2 Å². The molecule has 0 atom stereocenters. The number of para-hydroxylation sites is 1. The lowest BCUT2D eigenvalue weighted by atomic mass is 9.97. The molecule has 4 aromatic heterocycles. The predicted molar refractivity (Wildman–Crippen MR) is 263 cm³/mol. The maximum atomic E-state index is 13.2. The van der Waals surface area contributed by atoms with Gasteiger partial charge in [-0.05, 0) is 87.1 Å². The van der Waals surface area contributed by atoms with Crippen molar-refractivity contribution in [1.82, 2.24) is 45.0 Å². The van der Waals surface area contributed by atoms with Gasteiger partial charge in [-0.2, -0.15) is 15.0 Å². The number of piperidine rings is 2. The highest BCUT2D eigenvalue weighted by atomic mass is 32.1. The van der Waals surface area contributed by atoms with Gasteiger partial charge in [0.1, 0.15) is 12.7 Å². The van der Waals surface area contributed by atoms with Crippen LogP contribution in [0.1, 0.15) is 72.4 Å². The van der Waals surface area contributed by atoms with Crippen LogP contribution in [0.3, 0.4) is 0 Å². The second-order valence-electron chi connectivity index (χ2n) is 16.9. The van der Waals surface area contributed by atoms with Crippen LogP contribution in [0.2, 0.25) is 0 Å². The van der Waals surface area contributed by atoms with E-state index in [0.717, 1.165) is 85.4 Å². The molecule has 2 amide bonds. The molecule has 0 spiro atoms. The summed E-state index contributed by atoms with van der Waals surface area (Å²) in [6.45, 7) is 6.87. The Kier molecular flexibility index (Phi) is 12.9. The number of nitrogens with one attached hydrogen (secondary N) is 4. The van der Waals surface area contributed by atoms with Gasteiger partial charge in [-0.25, -0.2) is 24.9 Å². The molecule has 4 aromatic carbocycles. The van der Waals surface area contributed by atoms with Gasteiger partial charge >= 0.3 is 0 Å². The number of amides is 2. The fourth-order valence-electron chi connectivity index (χ4n) is 8.53. The van der Waals surface area contributed by atoms with Crippen LogP contribution in [0.15, 0.2) is 108 Å². The van der Waals surface area contributed by atoms with E-state index in [9.17, 15) is 9.59 Å². The van der Waals surface area contributed by atoms with E-state index in [2.05, 4.69) is 79.3 Å². The molecule has 68 heavy (non-hydrogen) atoms. The summed E-state index contributed by atoms with van der Waals surface area (Å²) >= 11 is 1.78. The third-order valence-corrected chi connectivity index (χ3v) is 13.6. The smallest absolute Gasteiger partial charge is 0.232 e. The highest BCUT2D eigenvalue weighted by Crippen LogP contribution is 2.35. The van der Waals surface area contributed by atoms with Crippen molar-refractivity contribution in [1.29, 1.82) is 0 Å².